The molecule has 6 heteroatoms. The van der Waals surface area contributed by atoms with E-state index in [1.54, 1.807) is 24.3 Å². The Morgan fingerprint density at radius 2 is 2.09 bits per heavy atom. The van der Waals surface area contributed by atoms with Gasteiger partial charge in [0.15, 0.2) is 6.04 Å². The van der Waals surface area contributed by atoms with Gasteiger partial charge in [-0.1, -0.05) is 11.6 Å². The van der Waals surface area contributed by atoms with Crippen LogP contribution in [0.4, 0.5) is 5.69 Å². The Kier molecular flexibility index (Phi) is 6.42. The number of quaternary nitrogens is 1. The lowest BCUT2D eigenvalue weighted by atomic mass is 9.97. The summed E-state index contributed by atoms with van der Waals surface area (Å²) in [6.07, 6.45) is 1.77. The second-order valence-corrected chi connectivity index (χ2v) is 6.36. The Labute approximate surface area is 141 Å². The third kappa shape index (κ3) is 4.94. The van der Waals surface area contributed by atoms with Crippen molar-refractivity contribution in [2.75, 3.05) is 25.0 Å². The van der Waals surface area contributed by atoms with Gasteiger partial charge in [-0.3, -0.25) is 9.59 Å². The zero-order valence-electron chi connectivity index (χ0n) is 13.6. The number of rotatable bonds is 5. The topological polar surface area (TPSA) is 59.8 Å². The van der Waals surface area contributed by atoms with Gasteiger partial charge in [0.05, 0.1) is 19.7 Å². The molecule has 1 aliphatic heterocycles. The van der Waals surface area contributed by atoms with Gasteiger partial charge in [0.25, 0.3) is 5.91 Å². The molecule has 2 rings (SSSR count). The van der Waals surface area contributed by atoms with Gasteiger partial charge < -0.3 is 15.0 Å². The smallest absolute Gasteiger partial charge is 0.314 e. The summed E-state index contributed by atoms with van der Waals surface area (Å²) in [7, 11) is 0. The number of anilines is 1. The van der Waals surface area contributed by atoms with E-state index in [-0.39, 0.29) is 23.8 Å². The van der Waals surface area contributed by atoms with E-state index in [0.29, 0.717) is 18.2 Å². The van der Waals surface area contributed by atoms with Crippen molar-refractivity contribution in [3.63, 3.8) is 0 Å². The van der Waals surface area contributed by atoms with Crippen LogP contribution in [0, 0.1) is 5.92 Å². The highest BCUT2D eigenvalue weighted by Crippen LogP contribution is 2.14. The highest BCUT2D eigenvalue weighted by atomic mass is 35.5. The summed E-state index contributed by atoms with van der Waals surface area (Å²) in [6, 6.07) is 6.82. The van der Waals surface area contributed by atoms with Gasteiger partial charge in [0, 0.05) is 10.7 Å². The summed E-state index contributed by atoms with van der Waals surface area (Å²) in [5, 5.41) is 3.54. The molecule has 23 heavy (non-hydrogen) atoms. The fraction of sp³-hybridized carbons (Fsp3) is 0.529. The van der Waals surface area contributed by atoms with E-state index >= 15 is 0 Å². The Morgan fingerprint density at radius 3 is 2.74 bits per heavy atom. The van der Waals surface area contributed by atoms with Crippen molar-refractivity contribution >= 4 is 29.2 Å². The lowest BCUT2D eigenvalue weighted by Gasteiger charge is -2.32. The fourth-order valence-corrected chi connectivity index (χ4v) is 3.05. The average molecular weight is 340 g/mol. The monoisotopic (exact) mass is 339 g/mol. The first-order chi connectivity index (χ1) is 11.0. The normalized spacial score (nSPS) is 22.2. The maximum Gasteiger partial charge on any atom is 0.314 e. The van der Waals surface area contributed by atoms with Crippen molar-refractivity contribution < 1.29 is 19.2 Å². The average Bonchev–Trinajstić information content (AvgIpc) is 2.56. The molecule has 0 aromatic heterocycles. The second-order valence-electron chi connectivity index (χ2n) is 5.92. The standard InChI is InChI=1S/C17H23ClN2O3/c1-3-23-17(22)13-5-4-10-20(11-13)12(2)16(21)19-15-8-6-14(18)7-9-15/h6-9,12-13H,3-5,10-11H2,1-2H3,(H,19,21)/p+1/t12-,13+/m0/s1. The van der Waals surface area contributed by atoms with Crippen LogP contribution in [0.5, 0.6) is 0 Å². The zero-order chi connectivity index (χ0) is 16.8. The Morgan fingerprint density at radius 1 is 1.39 bits per heavy atom. The van der Waals surface area contributed by atoms with Crippen LogP contribution in [0.1, 0.15) is 26.7 Å². The van der Waals surface area contributed by atoms with Crippen molar-refractivity contribution in [1.82, 2.24) is 0 Å². The molecule has 1 heterocycles. The summed E-state index contributed by atoms with van der Waals surface area (Å²) in [6.45, 7) is 5.65. The number of nitrogens with one attached hydrogen (secondary N) is 2. The molecule has 0 aliphatic carbocycles. The van der Waals surface area contributed by atoms with Crippen molar-refractivity contribution in [2.24, 2.45) is 5.92 Å². The number of hydrogen-bond donors (Lipinski definition) is 2. The predicted octanol–water partition coefficient (Wildman–Crippen LogP) is 1.52. The quantitative estimate of drug-likeness (QED) is 0.800. The molecule has 126 valence electrons. The van der Waals surface area contributed by atoms with Gasteiger partial charge in [-0.25, -0.2) is 0 Å². The molecule has 1 amide bonds. The molecular formula is C17H24ClN2O3+. The third-order valence-corrected chi connectivity index (χ3v) is 4.55. The van der Waals surface area contributed by atoms with Crippen LogP contribution in [0.25, 0.3) is 0 Å². The Hall–Kier alpha value is -1.59. The summed E-state index contributed by atoms with van der Waals surface area (Å²) in [5.74, 6) is -0.300. The Balaban J connectivity index is 1.93. The third-order valence-electron chi connectivity index (χ3n) is 4.30. The summed E-state index contributed by atoms with van der Waals surface area (Å²) in [4.78, 5) is 25.5. The van der Waals surface area contributed by atoms with Crippen LogP contribution in [0.2, 0.25) is 5.02 Å². The van der Waals surface area contributed by atoms with E-state index in [1.165, 1.54) is 0 Å². The number of ether oxygens (including phenoxy) is 1. The number of halogens is 1. The van der Waals surface area contributed by atoms with Crippen molar-refractivity contribution in [1.29, 1.82) is 0 Å². The van der Waals surface area contributed by atoms with Crippen LogP contribution < -0.4 is 10.2 Å². The molecule has 5 nitrogen and oxygen atoms in total. The number of amides is 1. The molecular weight excluding hydrogens is 316 g/mol. The van der Waals surface area contributed by atoms with Gasteiger partial charge >= 0.3 is 5.97 Å². The van der Waals surface area contributed by atoms with E-state index in [9.17, 15) is 9.59 Å². The molecule has 1 saturated heterocycles. The number of piperidine rings is 1. The number of benzene rings is 1. The molecule has 1 unspecified atom stereocenters. The molecule has 1 aromatic carbocycles. The summed E-state index contributed by atoms with van der Waals surface area (Å²) in [5.41, 5.74) is 0.726. The summed E-state index contributed by atoms with van der Waals surface area (Å²) >= 11 is 5.84. The van der Waals surface area contributed by atoms with Crippen LogP contribution in [-0.4, -0.2) is 37.6 Å². The molecule has 3 atom stereocenters. The largest absolute Gasteiger partial charge is 0.466 e. The molecule has 1 aliphatic rings. The van der Waals surface area contributed by atoms with Crippen molar-refractivity contribution in [3.8, 4) is 0 Å². The molecule has 0 radical (unpaired) electrons. The molecule has 1 aromatic rings. The maximum atomic E-state index is 12.4. The van der Waals surface area contributed by atoms with Gasteiger partial charge in [0.2, 0.25) is 0 Å². The molecule has 0 saturated carbocycles. The lowest BCUT2D eigenvalue weighted by Crippen LogP contribution is -3.18. The lowest BCUT2D eigenvalue weighted by molar-refractivity contribution is -0.921. The van der Waals surface area contributed by atoms with E-state index < -0.39 is 0 Å². The number of esters is 1. The SMILES string of the molecule is CCOC(=O)[C@@H]1CCC[NH+]([C@@H](C)C(=O)Nc2ccc(Cl)cc2)C1. The van der Waals surface area contributed by atoms with Crippen LogP contribution >= 0.6 is 11.6 Å². The van der Waals surface area contributed by atoms with E-state index in [1.807, 2.05) is 13.8 Å². The van der Waals surface area contributed by atoms with Crippen molar-refractivity contribution in [3.05, 3.63) is 29.3 Å². The first-order valence-corrected chi connectivity index (χ1v) is 8.46. The number of likely N-dealkylation sites (tertiary alicyclic amines) is 1. The zero-order valence-corrected chi connectivity index (χ0v) is 14.4. The van der Waals surface area contributed by atoms with Gasteiger partial charge in [-0.2, -0.15) is 0 Å². The number of carbonyl (C=O) groups is 2. The van der Waals surface area contributed by atoms with Gasteiger partial charge in [0.1, 0.15) is 5.92 Å². The molecule has 0 bridgehead atoms. The van der Waals surface area contributed by atoms with Crippen LogP contribution in [-0.2, 0) is 14.3 Å². The Bertz CT molecular complexity index is 547. The molecule has 2 N–H and O–H groups in total. The minimum atomic E-state index is -0.220. The number of carbonyl (C=O) groups excluding carboxylic acids is 2. The second kappa shape index (κ2) is 8.31. The van der Waals surface area contributed by atoms with E-state index in [2.05, 4.69) is 5.32 Å². The fourth-order valence-electron chi connectivity index (χ4n) is 2.92. The first kappa shape index (κ1) is 17.8. The highest BCUT2D eigenvalue weighted by molar-refractivity contribution is 6.30. The molecule has 0 spiro atoms. The minimum Gasteiger partial charge on any atom is -0.466 e. The van der Waals surface area contributed by atoms with Gasteiger partial charge in [-0.15, -0.1) is 0 Å². The van der Waals surface area contributed by atoms with Crippen LogP contribution in [0.15, 0.2) is 24.3 Å². The highest BCUT2D eigenvalue weighted by Gasteiger charge is 2.34. The number of hydrogen-bond acceptors (Lipinski definition) is 3. The summed E-state index contributed by atoms with van der Waals surface area (Å²) < 4.78 is 5.11. The first-order valence-electron chi connectivity index (χ1n) is 8.09. The minimum absolute atomic E-state index is 0.0492. The van der Waals surface area contributed by atoms with E-state index in [4.69, 9.17) is 16.3 Å². The predicted molar refractivity (Wildman–Crippen MR) is 89.6 cm³/mol. The van der Waals surface area contributed by atoms with Crippen molar-refractivity contribution in [2.45, 2.75) is 32.7 Å². The van der Waals surface area contributed by atoms with Gasteiger partial charge in [-0.05, 0) is 51.0 Å². The van der Waals surface area contributed by atoms with Crippen LogP contribution in [0.3, 0.4) is 0 Å². The van der Waals surface area contributed by atoms with E-state index in [0.717, 1.165) is 30.0 Å². The maximum absolute atomic E-state index is 12.4. The molecule has 1 fully saturated rings.